The van der Waals surface area contributed by atoms with Gasteiger partial charge in [-0.3, -0.25) is 14.5 Å². The van der Waals surface area contributed by atoms with Gasteiger partial charge in [-0.05, 0) is 61.9 Å². The number of carbonyl (C=O) groups is 3. The van der Waals surface area contributed by atoms with Gasteiger partial charge >= 0.3 is 17.9 Å². The van der Waals surface area contributed by atoms with E-state index in [9.17, 15) is 25.0 Å². The molecule has 2 aromatic carbocycles. The van der Waals surface area contributed by atoms with Crippen molar-refractivity contribution in [1.82, 2.24) is 9.88 Å². The van der Waals surface area contributed by atoms with Gasteiger partial charge in [0.1, 0.15) is 23.3 Å². The van der Waals surface area contributed by atoms with Crippen molar-refractivity contribution in [2.24, 2.45) is 11.3 Å². The monoisotopic (exact) mass is 826 g/mol. The second-order valence-electron chi connectivity index (χ2n) is 18.6. The van der Waals surface area contributed by atoms with Crippen LogP contribution in [0.1, 0.15) is 75.3 Å². The molecular formula is C46H58N4O10. The number of benzene rings is 2. The topological polar surface area (TPSA) is 174 Å². The Kier molecular flexibility index (Phi) is 9.39. The van der Waals surface area contributed by atoms with Gasteiger partial charge in [-0.15, -0.1) is 0 Å². The van der Waals surface area contributed by atoms with Gasteiger partial charge in [0.05, 0.1) is 40.5 Å². The zero-order valence-electron chi connectivity index (χ0n) is 35.7. The predicted octanol–water partition coefficient (Wildman–Crippen LogP) is 4.00. The highest BCUT2D eigenvalue weighted by molar-refractivity contribution is 5.95. The fourth-order valence-electron chi connectivity index (χ4n) is 13.8. The minimum Gasteiger partial charge on any atom is -0.633 e. The lowest BCUT2D eigenvalue weighted by Crippen LogP contribution is -2.81. The number of H-pyrrole nitrogens is 1. The van der Waals surface area contributed by atoms with Gasteiger partial charge in [0.2, 0.25) is 5.60 Å². The Labute approximate surface area is 350 Å². The van der Waals surface area contributed by atoms with Crippen molar-refractivity contribution >= 4 is 34.5 Å². The van der Waals surface area contributed by atoms with Crippen LogP contribution in [0.2, 0.25) is 0 Å². The summed E-state index contributed by atoms with van der Waals surface area (Å²) in [4.78, 5) is 50.7. The number of hydroxylamine groups is 3. The Bertz CT molecular complexity index is 2310. The van der Waals surface area contributed by atoms with Crippen molar-refractivity contribution < 1.29 is 48.2 Å². The van der Waals surface area contributed by atoms with E-state index in [1.165, 1.54) is 21.1 Å². The second kappa shape index (κ2) is 13.8. The molecule has 1 aliphatic carbocycles. The van der Waals surface area contributed by atoms with Gasteiger partial charge in [0.25, 0.3) is 0 Å². The lowest BCUT2D eigenvalue weighted by molar-refractivity contribution is -0.896. The first kappa shape index (κ1) is 40.9. The molecule has 0 amide bonds. The van der Waals surface area contributed by atoms with Crippen molar-refractivity contribution in [3.8, 4) is 5.75 Å². The molecule has 6 heterocycles. The molecule has 14 heteroatoms. The number of quaternary nitrogens is 1. The number of ether oxygens (including phenoxy) is 4. The van der Waals surface area contributed by atoms with Crippen LogP contribution in [-0.2, 0) is 45.8 Å². The molecule has 3 N–H and O–H groups in total. The minimum atomic E-state index is -2.34. The number of methoxy groups -OCH3 is 3. The Morgan fingerprint density at radius 3 is 2.43 bits per heavy atom. The normalized spacial score (nSPS) is 37.8. The minimum absolute atomic E-state index is 0.0737. The first-order valence-corrected chi connectivity index (χ1v) is 21.4. The summed E-state index contributed by atoms with van der Waals surface area (Å²) in [5.74, 6) is -2.08. The van der Waals surface area contributed by atoms with Crippen LogP contribution < -0.4 is 9.64 Å². The number of hydrogen-bond donors (Lipinski definition) is 3. The Morgan fingerprint density at radius 1 is 1.00 bits per heavy atom. The molecule has 3 fully saturated rings. The largest absolute Gasteiger partial charge is 0.633 e. The van der Waals surface area contributed by atoms with Gasteiger partial charge in [0, 0.05) is 83.6 Å². The number of nitrogens with zero attached hydrogens (tertiary/aromatic N) is 3. The third-order valence-corrected chi connectivity index (χ3v) is 15.8. The number of fused-ring (bicyclic) bond motifs is 6. The van der Waals surface area contributed by atoms with Crippen molar-refractivity contribution in [3.05, 3.63) is 76.1 Å². The summed E-state index contributed by atoms with van der Waals surface area (Å²) in [6.07, 6.45) is 4.94. The van der Waals surface area contributed by atoms with E-state index in [1.807, 2.05) is 74.3 Å². The summed E-state index contributed by atoms with van der Waals surface area (Å²) in [6.45, 7) is 6.94. The molecule has 0 radical (unpaired) electrons. The smallest absolute Gasteiger partial charge is 0.344 e. The van der Waals surface area contributed by atoms with E-state index in [1.54, 1.807) is 7.11 Å². The van der Waals surface area contributed by atoms with Crippen LogP contribution in [0.5, 0.6) is 5.75 Å². The van der Waals surface area contributed by atoms with Crippen molar-refractivity contribution in [1.29, 1.82) is 0 Å². The summed E-state index contributed by atoms with van der Waals surface area (Å²) in [5.41, 5.74) is -2.80. The Hall–Kier alpha value is -4.47. The number of aromatic nitrogens is 1. The molecule has 3 aromatic rings. The average molecular weight is 827 g/mol. The first-order valence-electron chi connectivity index (χ1n) is 21.4. The molecular weight excluding hydrogens is 769 g/mol. The van der Waals surface area contributed by atoms with Gasteiger partial charge < -0.3 is 48.9 Å². The number of esters is 3. The van der Waals surface area contributed by atoms with Crippen LogP contribution >= 0.6 is 0 Å². The zero-order chi connectivity index (χ0) is 42.8. The van der Waals surface area contributed by atoms with Crippen LogP contribution in [0.15, 0.2) is 48.6 Å². The lowest BCUT2D eigenvalue weighted by atomic mass is 9.47. The van der Waals surface area contributed by atoms with Gasteiger partial charge in [-0.25, -0.2) is 4.79 Å². The molecule has 322 valence electrons. The average Bonchev–Trinajstić information content (AvgIpc) is 3.89. The second-order valence-corrected chi connectivity index (χ2v) is 18.6. The maximum atomic E-state index is 15.3. The number of para-hydroxylation sites is 1. The standard InChI is InChI=1S/C46H58N4O10/c1-8-42(54)23-28-24-45(40(52)58-6,36-30(15-20-50(56,25-28)26-42)29-13-10-11-14-33(29)47-36)32-21-31-34(22-35(32)57-5)48(4)38-44(31)17-19-49-18-12-16-43(9-2,37(44)49)39(60-27(3)51)46(38,55)41(53)59-7/h10-14,16,21-22,28,37-39,47,54-55H,8-9,15,17-20,23-26H2,1-7H3/t28-,37-,38+,39+,42-,43+,44+,45-,46-,50?/m0/s1. The SMILES string of the molecule is CC[C@]1(O)C[C@H]2C[C@](C(=O)OC)(c3cc4c(cc3OC)N(C)[C@H]3[C@@](O)(C(=O)OC)[C@H](OC(C)=O)[C@]5(CC)C=CCN6CC[C@]43[C@@H]65)c3[nH]c4ccccc4c3CC[N+]([O-])(C2)C1. The maximum Gasteiger partial charge on any atom is 0.344 e. The van der Waals surface area contributed by atoms with Gasteiger partial charge in [-0.2, -0.15) is 0 Å². The number of carbonyl (C=O) groups excluding carboxylic acids is 3. The predicted molar refractivity (Wildman–Crippen MR) is 222 cm³/mol. The fourth-order valence-corrected chi connectivity index (χ4v) is 13.8. The number of anilines is 1. The lowest BCUT2D eigenvalue weighted by Gasteiger charge is -2.63. The first-order chi connectivity index (χ1) is 28.6. The molecule has 5 aliphatic heterocycles. The number of aromatic amines is 1. The van der Waals surface area contributed by atoms with Crippen molar-refractivity contribution in [3.63, 3.8) is 0 Å². The van der Waals surface area contributed by atoms with Crippen LogP contribution in [-0.4, -0.2) is 133 Å². The number of hydrogen-bond acceptors (Lipinski definition) is 12. The highest BCUT2D eigenvalue weighted by atomic mass is 16.6. The molecule has 1 saturated carbocycles. The molecule has 6 aliphatic rings. The molecule has 1 unspecified atom stereocenters. The molecule has 1 aromatic heterocycles. The molecule has 2 bridgehead atoms. The van der Waals surface area contributed by atoms with Gasteiger partial charge in [-0.1, -0.05) is 44.2 Å². The summed E-state index contributed by atoms with van der Waals surface area (Å²) in [6, 6.07) is 10.5. The van der Waals surface area contributed by atoms with Crippen molar-refractivity contribution in [2.75, 3.05) is 66.0 Å². The molecule has 1 spiro atoms. The third kappa shape index (κ3) is 5.20. The quantitative estimate of drug-likeness (QED) is 0.103. The highest BCUT2D eigenvalue weighted by Crippen LogP contribution is 2.68. The molecule has 9 rings (SSSR count). The summed E-state index contributed by atoms with van der Waals surface area (Å²) < 4.78 is 23.2. The summed E-state index contributed by atoms with van der Waals surface area (Å²) >= 11 is 0. The summed E-state index contributed by atoms with van der Waals surface area (Å²) in [7, 11) is 6.01. The van der Waals surface area contributed by atoms with E-state index in [-0.39, 0.29) is 32.1 Å². The Balaban J connectivity index is 1.37. The number of likely N-dealkylation sites (N-methyl/N-ethyl adjacent to an activating group) is 1. The molecule has 2 saturated heterocycles. The number of rotatable bonds is 7. The van der Waals surface area contributed by atoms with E-state index < -0.39 is 68.1 Å². The number of piperidine rings is 1. The zero-order valence-corrected chi connectivity index (χ0v) is 35.7. The van der Waals surface area contributed by atoms with Crippen molar-refractivity contribution in [2.45, 2.75) is 99.5 Å². The van der Waals surface area contributed by atoms with E-state index >= 15 is 4.79 Å². The van der Waals surface area contributed by atoms with Crippen LogP contribution in [0.25, 0.3) is 10.9 Å². The van der Waals surface area contributed by atoms with E-state index in [0.717, 1.165) is 22.0 Å². The number of aliphatic hydroxyl groups is 2. The van der Waals surface area contributed by atoms with E-state index in [4.69, 9.17) is 18.9 Å². The number of nitrogens with one attached hydrogen (secondary N) is 1. The molecule has 60 heavy (non-hydrogen) atoms. The highest BCUT2D eigenvalue weighted by Gasteiger charge is 2.80. The van der Waals surface area contributed by atoms with Crippen LogP contribution in [0, 0.1) is 16.5 Å². The fraction of sp³-hybridized carbons (Fsp3) is 0.587. The third-order valence-electron chi connectivity index (χ3n) is 15.8. The summed E-state index contributed by atoms with van der Waals surface area (Å²) in [5, 5.41) is 41.0. The Morgan fingerprint density at radius 2 is 1.75 bits per heavy atom. The van der Waals surface area contributed by atoms with Crippen LogP contribution in [0.3, 0.4) is 0 Å². The van der Waals surface area contributed by atoms with E-state index in [0.29, 0.717) is 67.9 Å². The van der Waals surface area contributed by atoms with Gasteiger partial charge in [0.15, 0.2) is 6.10 Å². The van der Waals surface area contributed by atoms with Crippen LogP contribution in [0.4, 0.5) is 5.69 Å². The molecule has 10 atom stereocenters. The van der Waals surface area contributed by atoms with E-state index in [2.05, 4.69) is 9.88 Å². The molecule has 14 nitrogen and oxygen atoms in total. The maximum absolute atomic E-state index is 15.3.